The third-order valence-electron chi connectivity index (χ3n) is 1.76. The molecule has 1 saturated carbocycles. The Morgan fingerprint density at radius 3 is 2.50 bits per heavy atom. The highest BCUT2D eigenvalue weighted by atomic mass is 16.5. The molecular weight excluding hydrogens is 102 g/mol. The van der Waals surface area contributed by atoms with Crippen LogP contribution in [0.1, 0.15) is 19.3 Å². The van der Waals surface area contributed by atoms with E-state index in [2.05, 4.69) is 0 Å². The van der Waals surface area contributed by atoms with Crippen molar-refractivity contribution in [2.45, 2.75) is 31.4 Å². The Balaban J connectivity index is 2.22. The zero-order valence-corrected chi connectivity index (χ0v) is 5.26. The van der Waals surface area contributed by atoms with E-state index in [1.54, 1.807) is 7.11 Å². The zero-order chi connectivity index (χ0) is 5.98. The van der Waals surface area contributed by atoms with Crippen molar-refractivity contribution < 1.29 is 4.74 Å². The van der Waals surface area contributed by atoms with Crippen LogP contribution in [-0.4, -0.2) is 19.3 Å². The van der Waals surface area contributed by atoms with Gasteiger partial charge in [-0.15, -0.1) is 0 Å². The summed E-state index contributed by atoms with van der Waals surface area (Å²) in [5.74, 6) is 0. The maximum absolute atomic E-state index is 5.62. The number of nitrogens with two attached hydrogens (primary N) is 1. The van der Waals surface area contributed by atoms with Crippen LogP contribution in [0.5, 0.6) is 0 Å². The second kappa shape index (κ2) is 2.46. The van der Waals surface area contributed by atoms with Crippen molar-refractivity contribution in [3.05, 3.63) is 0 Å². The van der Waals surface area contributed by atoms with E-state index in [4.69, 9.17) is 10.5 Å². The van der Waals surface area contributed by atoms with Gasteiger partial charge in [0.05, 0.1) is 6.10 Å². The number of methoxy groups -OCH3 is 1. The fraction of sp³-hybridized carbons (Fsp3) is 1.00. The summed E-state index contributed by atoms with van der Waals surface area (Å²) in [6.45, 7) is 0. The van der Waals surface area contributed by atoms with Crippen molar-refractivity contribution in [1.82, 2.24) is 0 Å². The van der Waals surface area contributed by atoms with E-state index in [9.17, 15) is 0 Å². The number of ether oxygens (including phenoxy) is 1. The fourth-order valence-electron chi connectivity index (χ4n) is 1.19. The first-order valence-electron chi connectivity index (χ1n) is 3.11. The van der Waals surface area contributed by atoms with Crippen molar-refractivity contribution in [2.24, 2.45) is 5.73 Å². The van der Waals surface area contributed by atoms with Gasteiger partial charge in [0, 0.05) is 13.2 Å². The highest BCUT2D eigenvalue weighted by molar-refractivity contribution is 4.77. The topological polar surface area (TPSA) is 35.2 Å². The summed E-state index contributed by atoms with van der Waals surface area (Å²) in [7, 11) is 1.75. The smallest absolute Gasteiger partial charge is 0.0586 e. The van der Waals surface area contributed by atoms with Crippen LogP contribution in [0.2, 0.25) is 0 Å². The van der Waals surface area contributed by atoms with E-state index in [0.717, 1.165) is 19.3 Å². The highest BCUT2D eigenvalue weighted by Crippen LogP contribution is 2.18. The van der Waals surface area contributed by atoms with Gasteiger partial charge in [0.1, 0.15) is 0 Å². The molecule has 0 aromatic carbocycles. The minimum Gasteiger partial charge on any atom is -0.381 e. The molecule has 0 amide bonds. The molecule has 0 aliphatic heterocycles. The van der Waals surface area contributed by atoms with Gasteiger partial charge in [-0.05, 0) is 19.3 Å². The molecule has 1 aliphatic rings. The zero-order valence-electron chi connectivity index (χ0n) is 5.26. The minimum atomic E-state index is 0.403. The molecule has 1 rings (SSSR count). The Labute approximate surface area is 50.0 Å². The second-order valence-electron chi connectivity index (χ2n) is 2.43. The molecule has 2 N–H and O–H groups in total. The quantitative estimate of drug-likeness (QED) is 0.540. The van der Waals surface area contributed by atoms with Crippen LogP contribution in [0.25, 0.3) is 0 Å². The SMILES string of the molecule is CO[C@@H]1CC[C@H](N)C1. The molecule has 1 aliphatic carbocycles. The summed E-state index contributed by atoms with van der Waals surface area (Å²) in [4.78, 5) is 0. The largest absolute Gasteiger partial charge is 0.381 e. The summed E-state index contributed by atoms with van der Waals surface area (Å²) < 4.78 is 5.10. The van der Waals surface area contributed by atoms with Gasteiger partial charge in [0.2, 0.25) is 0 Å². The molecule has 2 heteroatoms. The molecule has 1 fully saturated rings. The van der Waals surface area contributed by atoms with E-state index in [1.807, 2.05) is 0 Å². The number of hydrogen-bond donors (Lipinski definition) is 1. The van der Waals surface area contributed by atoms with Gasteiger partial charge in [0.15, 0.2) is 0 Å². The van der Waals surface area contributed by atoms with Gasteiger partial charge in [0.25, 0.3) is 0 Å². The minimum absolute atomic E-state index is 0.403. The average Bonchev–Trinajstić information content (AvgIpc) is 2.14. The predicted octanol–water partition coefficient (Wildman–Crippen LogP) is 0.513. The summed E-state index contributed by atoms with van der Waals surface area (Å²) in [5.41, 5.74) is 5.62. The first-order valence-corrected chi connectivity index (χ1v) is 3.11. The third kappa shape index (κ3) is 1.20. The van der Waals surface area contributed by atoms with E-state index in [1.165, 1.54) is 0 Å². The van der Waals surface area contributed by atoms with Gasteiger partial charge >= 0.3 is 0 Å². The third-order valence-corrected chi connectivity index (χ3v) is 1.76. The van der Waals surface area contributed by atoms with Crippen LogP contribution in [0, 0.1) is 0 Å². The van der Waals surface area contributed by atoms with Crippen molar-refractivity contribution in [2.75, 3.05) is 7.11 Å². The van der Waals surface area contributed by atoms with Crippen LogP contribution in [0.3, 0.4) is 0 Å². The van der Waals surface area contributed by atoms with Gasteiger partial charge in [-0.2, -0.15) is 0 Å². The molecule has 0 heterocycles. The van der Waals surface area contributed by atoms with Crippen molar-refractivity contribution in [1.29, 1.82) is 0 Å². The molecule has 0 saturated heterocycles. The normalized spacial score (nSPS) is 38.2. The Hall–Kier alpha value is -0.0800. The van der Waals surface area contributed by atoms with E-state index >= 15 is 0 Å². The second-order valence-corrected chi connectivity index (χ2v) is 2.43. The van der Waals surface area contributed by atoms with Crippen molar-refractivity contribution in [3.8, 4) is 0 Å². The van der Waals surface area contributed by atoms with Crippen LogP contribution < -0.4 is 5.73 Å². The van der Waals surface area contributed by atoms with E-state index < -0.39 is 0 Å². The molecule has 0 aromatic heterocycles. The standard InChI is InChI=1S/C6H13NO/c1-8-6-3-2-5(7)4-6/h5-6H,2-4,7H2,1H3/t5-,6+/m0/s1. The summed E-state index contributed by atoms with van der Waals surface area (Å²) >= 11 is 0. The highest BCUT2D eigenvalue weighted by Gasteiger charge is 2.20. The van der Waals surface area contributed by atoms with Crippen LogP contribution in [0.4, 0.5) is 0 Å². The Kier molecular flexibility index (Phi) is 1.86. The summed E-state index contributed by atoms with van der Waals surface area (Å²) in [5, 5.41) is 0. The predicted molar refractivity (Wildman–Crippen MR) is 32.6 cm³/mol. The van der Waals surface area contributed by atoms with Gasteiger partial charge in [-0.1, -0.05) is 0 Å². The lowest BCUT2D eigenvalue weighted by Gasteiger charge is -2.04. The van der Waals surface area contributed by atoms with Crippen molar-refractivity contribution >= 4 is 0 Å². The van der Waals surface area contributed by atoms with E-state index in [0.29, 0.717) is 12.1 Å². The van der Waals surface area contributed by atoms with Gasteiger partial charge < -0.3 is 10.5 Å². The first kappa shape index (κ1) is 6.05. The lowest BCUT2D eigenvalue weighted by atomic mass is 10.3. The van der Waals surface area contributed by atoms with Crippen molar-refractivity contribution in [3.63, 3.8) is 0 Å². The fourth-order valence-corrected chi connectivity index (χ4v) is 1.19. The lowest BCUT2D eigenvalue weighted by molar-refractivity contribution is 0.108. The Morgan fingerprint density at radius 2 is 2.25 bits per heavy atom. The van der Waals surface area contributed by atoms with Gasteiger partial charge in [-0.3, -0.25) is 0 Å². The molecule has 0 bridgehead atoms. The van der Waals surface area contributed by atoms with Crippen LogP contribution >= 0.6 is 0 Å². The number of hydrogen-bond acceptors (Lipinski definition) is 2. The maximum Gasteiger partial charge on any atom is 0.0586 e. The molecular formula is C6H13NO. The van der Waals surface area contributed by atoms with Crippen LogP contribution in [-0.2, 0) is 4.74 Å². The molecule has 0 unspecified atom stereocenters. The molecule has 0 spiro atoms. The van der Waals surface area contributed by atoms with E-state index in [-0.39, 0.29) is 0 Å². The molecule has 48 valence electrons. The molecule has 8 heavy (non-hydrogen) atoms. The van der Waals surface area contributed by atoms with Crippen LogP contribution in [0.15, 0.2) is 0 Å². The monoisotopic (exact) mass is 115 g/mol. The molecule has 2 nitrogen and oxygen atoms in total. The Bertz CT molecular complexity index is 74.9. The molecule has 2 atom stereocenters. The molecule has 0 radical (unpaired) electrons. The lowest BCUT2D eigenvalue weighted by Crippen LogP contribution is -2.16. The van der Waals surface area contributed by atoms with Gasteiger partial charge in [-0.25, -0.2) is 0 Å². The summed E-state index contributed by atoms with van der Waals surface area (Å²) in [6, 6.07) is 0.403. The first-order chi connectivity index (χ1) is 3.83. The number of rotatable bonds is 1. The maximum atomic E-state index is 5.62. The average molecular weight is 115 g/mol. The Morgan fingerprint density at radius 1 is 1.50 bits per heavy atom. The molecule has 0 aromatic rings. The summed E-state index contributed by atoms with van der Waals surface area (Å²) in [6.07, 6.45) is 3.79.